The second-order valence-electron chi connectivity index (χ2n) is 7.62. The molecule has 0 N–H and O–H groups in total. The van der Waals surface area contributed by atoms with Gasteiger partial charge in [-0.3, -0.25) is 4.79 Å². The first-order valence-corrected chi connectivity index (χ1v) is 10.7. The molecule has 4 aromatic rings. The van der Waals surface area contributed by atoms with Crippen LogP contribution in [0.4, 0.5) is 6.01 Å². The molecule has 0 aliphatic carbocycles. The molecule has 7 heteroatoms. The average molecular weight is 438 g/mol. The van der Waals surface area contributed by atoms with E-state index < -0.39 is 0 Å². The normalized spacial score (nSPS) is 13.5. The highest BCUT2D eigenvalue weighted by molar-refractivity contribution is 5.95. The summed E-state index contributed by atoms with van der Waals surface area (Å²) in [5.41, 5.74) is 3.49. The first-order chi connectivity index (χ1) is 16.2. The van der Waals surface area contributed by atoms with Crippen molar-refractivity contribution >= 4 is 23.0 Å². The van der Waals surface area contributed by atoms with Crippen LogP contribution >= 0.6 is 0 Å². The second-order valence-corrected chi connectivity index (χ2v) is 7.62. The number of aromatic nitrogens is 2. The molecule has 1 aliphatic rings. The molecule has 1 fully saturated rings. The zero-order valence-electron chi connectivity index (χ0n) is 18.2. The first kappa shape index (κ1) is 20.6. The molecule has 0 bridgehead atoms. The molecule has 33 heavy (non-hydrogen) atoms. The quantitative estimate of drug-likeness (QED) is 0.455. The Hall–Kier alpha value is -4.31. The van der Waals surface area contributed by atoms with E-state index >= 15 is 0 Å². The largest absolute Gasteiger partial charge is 0.495 e. The summed E-state index contributed by atoms with van der Waals surface area (Å²) in [5, 5.41) is 0. The van der Waals surface area contributed by atoms with Crippen molar-refractivity contribution in [2.24, 2.45) is 0 Å². The zero-order valence-corrected chi connectivity index (χ0v) is 18.2. The monoisotopic (exact) mass is 438 g/mol. The summed E-state index contributed by atoms with van der Waals surface area (Å²) in [6.45, 7) is 2.47. The smallest absolute Gasteiger partial charge is 0.298 e. The fourth-order valence-corrected chi connectivity index (χ4v) is 3.79. The standard InChI is InChI=1S/C26H22N4O3/c1-32-23-12-10-20(18-19(23)9-11-21-6-4-5-13-27-21)25(31)29-14-16-30(17-15-29)26-28-22-7-2-3-8-24(22)33-26/h2-8,10,12-13,18H,14-17H2,1H3. The predicted molar refractivity (Wildman–Crippen MR) is 125 cm³/mol. The van der Waals surface area contributed by atoms with Gasteiger partial charge in [-0.15, -0.1) is 0 Å². The van der Waals surface area contributed by atoms with Gasteiger partial charge in [-0.05, 0) is 48.4 Å². The molecule has 0 saturated carbocycles. The Labute approximate surface area is 191 Å². The van der Waals surface area contributed by atoms with Gasteiger partial charge in [0.15, 0.2) is 5.58 Å². The molecular weight excluding hydrogens is 416 g/mol. The summed E-state index contributed by atoms with van der Waals surface area (Å²) in [6, 6.07) is 19.2. The minimum Gasteiger partial charge on any atom is -0.495 e. The molecule has 2 aromatic heterocycles. The van der Waals surface area contributed by atoms with Gasteiger partial charge in [-0.1, -0.05) is 24.1 Å². The van der Waals surface area contributed by atoms with Crippen molar-refractivity contribution in [1.29, 1.82) is 0 Å². The van der Waals surface area contributed by atoms with E-state index in [1.165, 1.54) is 0 Å². The Kier molecular flexibility index (Phi) is 5.64. The highest BCUT2D eigenvalue weighted by Crippen LogP contribution is 2.24. The van der Waals surface area contributed by atoms with Crippen molar-refractivity contribution in [1.82, 2.24) is 14.9 Å². The van der Waals surface area contributed by atoms with Crippen molar-refractivity contribution in [2.45, 2.75) is 0 Å². The van der Waals surface area contributed by atoms with Crippen LogP contribution in [0.3, 0.4) is 0 Å². The van der Waals surface area contributed by atoms with Gasteiger partial charge < -0.3 is 19.0 Å². The summed E-state index contributed by atoms with van der Waals surface area (Å²) in [6.07, 6.45) is 1.70. The number of carbonyl (C=O) groups is 1. The molecule has 1 saturated heterocycles. The van der Waals surface area contributed by atoms with E-state index in [1.807, 2.05) is 47.4 Å². The van der Waals surface area contributed by atoms with Gasteiger partial charge in [0.2, 0.25) is 0 Å². The van der Waals surface area contributed by atoms with Crippen molar-refractivity contribution in [2.75, 3.05) is 38.2 Å². The third-order valence-electron chi connectivity index (χ3n) is 5.56. The lowest BCUT2D eigenvalue weighted by Crippen LogP contribution is -2.48. The SMILES string of the molecule is COc1ccc(C(=O)N2CCN(c3nc4ccccc4o3)CC2)cc1C#Cc1ccccn1. The zero-order chi connectivity index (χ0) is 22.6. The van der Waals surface area contributed by atoms with E-state index in [1.54, 1.807) is 31.5 Å². The van der Waals surface area contributed by atoms with Crippen molar-refractivity contribution in [3.8, 4) is 17.6 Å². The van der Waals surface area contributed by atoms with Gasteiger partial charge in [-0.25, -0.2) is 4.98 Å². The number of amides is 1. The third-order valence-corrected chi connectivity index (χ3v) is 5.56. The minimum atomic E-state index is -0.0317. The number of benzene rings is 2. The average Bonchev–Trinajstić information content (AvgIpc) is 3.32. The Bertz CT molecular complexity index is 1310. The van der Waals surface area contributed by atoms with Crippen LogP contribution in [0.1, 0.15) is 21.6 Å². The predicted octanol–water partition coefficient (Wildman–Crippen LogP) is 3.59. The summed E-state index contributed by atoms with van der Waals surface area (Å²) in [5.74, 6) is 6.70. The number of methoxy groups -OCH3 is 1. The fourth-order valence-electron chi connectivity index (χ4n) is 3.79. The van der Waals surface area contributed by atoms with Gasteiger partial charge in [0.1, 0.15) is 17.0 Å². The van der Waals surface area contributed by atoms with E-state index in [9.17, 15) is 4.79 Å². The number of oxazole rings is 1. The minimum absolute atomic E-state index is 0.0317. The third kappa shape index (κ3) is 4.37. The molecule has 1 aliphatic heterocycles. The van der Waals surface area contributed by atoms with Crippen LogP contribution < -0.4 is 9.64 Å². The maximum Gasteiger partial charge on any atom is 0.298 e. The molecule has 5 rings (SSSR count). The van der Waals surface area contributed by atoms with Crippen LogP contribution in [0.15, 0.2) is 71.3 Å². The number of anilines is 1. The van der Waals surface area contributed by atoms with Crippen LogP contribution in [0.5, 0.6) is 5.75 Å². The van der Waals surface area contributed by atoms with Gasteiger partial charge >= 0.3 is 0 Å². The molecule has 164 valence electrons. The molecule has 1 amide bonds. The van der Waals surface area contributed by atoms with Crippen molar-refractivity contribution < 1.29 is 13.9 Å². The van der Waals surface area contributed by atoms with E-state index in [4.69, 9.17) is 9.15 Å². The van der Waals surface area contributed by atoms with E-state index in [0.717, 1.165) is 11.1 Å². The topological polar surface area (TPSA) is 71.7 Å². The number of hydrogen-bond acceptors (Lipinski definition) is 6. The Morgan fingerprint density at radius 2 is 1.82 bits per heavy atom. The lowest BCUT2D eigenvalue weighted by atomic mass is 10.1. The molecule has 3 heterocycles. The van der Waals surface area contributed by atoms with E-state index in [-0.39, 0.29) is 5.91 Å². The number of fused-ring (bicyclic) bond motifs is 1. The van der Waals surface area contributed by atoms with Gasteiger partial charge in [-0.2, -0.15) is 4.98 Å². The van der Waals surface area contributed by atoms with Gasteiger partial charge in [0.25, 0.3) is 11.9 Å². The fraction of sp³-hybridized carbons (Fsp3) is 0.192. The van der Waals surface area contributed by atoms with Crippen LogP contribution in [0.25, 0.3) is 11.1 Å². The van der Waals surface area contributed by atoms with Crippen molar-refractivity contribution in [3.05, 3.63) is 83.7 Å². The van der Waals surface area contributed by atoms with Crippen LogP contribution in [0, 0.1) is 11.8 Å². The van der Waals surface area contributed by atoms with Gasteiger partial charge in [0.05, 0.1) is 12.7 Å². The number of piperazine rings is 1. The Morgan fingerprint density at radius 3 is 2.58 bits per heavy atom. The first-order valence-electron chi connectivity index (χ1n) is 10.7. The Balaban J connectivity index is 1.30. The molecule has 0 unspecified atom stereocenters. The maximum atomic E-state index is 13.2. The van der Waals surface area contributed by atoms with Crippen LogP contribution in [-0.2, 0) is 0 Å². The summed E-state index contributed by atoms with van der Waals surface area (Å²) >= 11 is 0. The van der Waals surface area contributed by atoms with Crippen LogP contribution in [-0.4, -0.2) is 54.1 Å². The number of hydrogen-bond donors (Lipinski definition) is 0. The highest BCUT2D eigenvalue weighted by Gasteiger charge is 2.25. The Morgan fingerprint density at radius 1 is 1.00 bits per heavy atom. The maximum absolute atomic E-state index is 13.2. The molecule has 2 aromatic carbocycles. The highest BCUT2D eigenvalue weighted by atomic mass is 16.5. The second kappa shape index (κ2) is 9.05. The van der Waals surface area contributed by atoms with Gasteiger partial charge in [0, 0.05) is 37.9 Å². The molecule has 7 nitrogen and oxygen atoms in total. The number of pyridine rings is 1. The summed E-state index contributed by atoms with van der Waals surface area (Å²) < 4.78 is 11.3. The molecular formula is C26H22N4O3. The van der Waals surface area contributed by atoms with E-state index in [2.05, 4.69) is 26.7 Å². The molecule has 0 spiro atoms. The lowest BCUT2D eigenvalue weighted by Gasteiger charge is -2.33. The number of carbonyl (C=O) groups excluding carboxylic acids is 1. The lowest BCUT2D eigenvalue weighted by molar-refractivity contribution is 0.0745. The number of ether oxygens (including phenoxy) is 1. The van der Waals surface area contributed by atoms with E-state index in [0.29, 0.717) is 54.8 Å². The number of para-hydroxylation sites is 2. The number of rotatable bonds is 3. The molecule has 0 radical (unpaired) electrons. The van der Waals surface area contributed by atoms with Crippen LogP contribution in [0.2, 0.25) is 0 Å². The summed E-state index contributed by atoms with van der Waals surface area (Å²) in [4.78, 5) is 25.9. The molecule has 0 atom stereocenters. The van der Waals surface area contributed by atoms with Crippen molar-refractivity contribution in [3.63, 3.8) is 0 Å². The number of nitrogens with zero attached hydrogens (tertiary/aromatic N) is 4. The summed E-state index contributed by atoms with van der Waals surface area (Å²) in [7, 11) is 1.59.